The van der Waals surface area contributed by atoms with Crippen molar-refractivity contribution in [3.63, 3.8) is 0 Å². The van der Waals surface area contributed by atoms with Crippen molar-refractivity contribution in [2.24, 2.45) is 0 Å². The van der Waals surface area contributed by atoms with Crippen LogP contribution < -0.4 is 0 Å². The third kappa shape index (κ3) is 10.9. The van der Waals surface area contributed by atoms with Crippen LogP contribution >= 0.6 is 0 Å². The fourth-order valence-corrected chi connectivity index (χ4v) is 0. The summed E-state index contributed by atoms with van der Waals surface area (Å²) in [6.07, 6.45) is 0. The van der Waals surface area contributed by atoms with Crippen molar-refractivity contribution in [2.75, 3.05) is 0 Å². The first kappa shape index (κ1) is 8.94. The quantitative estimate of drug-likeness (QED) is 0.292. The van der Waals surface area contributed by atoms with E-state index in [9.17, 15) is 0 Å². The van der Waals surface area contributed by atoms with Crippen LogP contribution in [0, 0.1) is 0 Å². The summed E-state index contributed by atoms with van der Waals surface area (Å²) in [5.41, 5.74) is 0. The van der Waals surface area contributed by atoms with E-state index in [4.69, 9.17) is 4.79 Å². The number of rotatable bonds is 0. The predicted octanol–water partition coefficient (Wildman–Crippen LogP) is -0.925. The molecular weight excluding hydrogens is 110 g/mol. The summed E-state index contributed by atoms with van der Waals surface area (Å²) in [6.45, 7) is 0. The van der Waals surface area contributed by atoms with Gasteiger partial charge in [0.15, 0.2) is 0 Å². The summed E-state index contributed by atoms with van der Waals surface area (Å²) < 4.78 is 0. The van der Waals surface area contributed by atoms with Crippen molar-refractivity contribution in [3.05, 3.63) is 0 Å². The van der Waals surface area contributed by atoms with Crippen molar-refractivity contribution in [2.45, 2.75) is 0 Å². The summed E-state index contributed by atoms with van der Waals surface area (Å²) in [5.74, 6) is 0. The van der Waals surface area contributed by atoms with Crippen molar-refractivity contribution in [1.29, 1.82) is 0 Å². The van der Waals surface area contributed by atoms with E-state index in [1.54, 1.807) is 0 Å². The molecule has 0 bridgehead atoms. The Morgan fingerprint density at radius 1 is 1.75 bits per heavy atom. The average Bonchev–Trinajstić information content (AvgIpc) is 0.918. The molecule has 0 amide bonds. The Labute approximate surface area is 54.8 Å². The molecule has 0 fully saturated rings. The molecule has 0 aromatic heterocycles. The second kappa shape index (κ2) is 8.90. The van der Waals surface area contributed by atoms with Crippen LogP contribution in [0.5, 0.6) is 0 Å². The predicted molar refractivity (Wildman–Crippen MR) is 13.9 cm³/mol. The fourth-order valence-electron chi connectivity index (χ4n) is 0. The third-order valence-corrected chi connectivity index (χ3v) is 0. The molecule has 0 atom stereocenters. The molecule has 0 spiro atoms. The first-order valence-corrected chi connectivity index (χ1v) is 0.988. The minimum absolute atomic E-state index is 0. The molecule has 0 rings (SSSR count). The van der Waals surface area contributed by atoms with Gasteiger partial charge in [0, 0.05) is 0 Å². The summed E-state index contributed by atoms with van der Waals surface area (Å²) in [6, 6.07) is 0. The zero-order chi connectivity index (χ0) is 2.71. The van der Waals surface area contributed by atoms with Gasteiger partial charge in [0.25, 0.3) is 0 Å². The van der Waals surface area contributed by atoms with Gasteiger partial charge >= 0.3 is 55.1 Å². The van der Waals surface area contributed by atoms with Crippen molar-refractivity contribution in [3.8, 4) is 0 Å². The Hall–Kier alpha value is 1.16. The Balaban J connectivity index is 0. The molecule has 0 saturated heterocycles. The first-order chi connectivity index (χ1) is 1.41. The van der Waals surface area contributed by atoms with E-state index in [-0.39, 0.29) is 29.6 Å². The Bertz CT molecular complexity index is 15.5. The normalized spacial score (nSPS) is 3.50. The van der Waals surface area contributed by atoms with Gasteiger partial charge in [-0.2, -0.15) is 0 Å². The molecular formula is CH2NaNiO. The number of hydrogen-bond donors (Lipinski definition) is 0. The van der Waals surface area contributed by atoms with E-state index < -0.39 is 0 Å². The Morgan fingerprint density at radius 2 is 1.75 bits per heavy atom. The molecule has 4 heavy (non-hydrogen) atoms. The molecule has 0 aliphatic heterocycles. The molecule has 3 heteroatoms. The van der Waals surface area contributed by atoms with Crippen LogP contribution in [0.4, 0.5) is 0 Å². The van der Waals surface area contributed by atoms with Crippen LogP contribution in [0.3, 0.4) is 0 Å². The number of hydrogen-bond acceptors (Lipinski definition) is 1. The van der Waals surface area contributed by atoms with E-state index >= 15 is 0 Å². The van der Waals surface area contributed by atoms with Gasteiger partial charge in [-0.05, 0) is 0 Å². The zero-order valence-corrected chi connectivity index (χ0v) is 2.29. The van der Waals surface area contributed by atoms with Gasteiger partial charge in [-0.15, -0.1) is 0 Å². The summed E-state index contributed by atoms with van der Waals surface area (Å²) in [7, 11) is 0. The van der Waals surface area contributed by atoms with Gasteiger partial charge in [-0.1, -0.05) is 0 Å². The SMILES string of the molecule is O=[CH][Ni].[NaH]. The third-order valence-electron chi connectivity index (χ3n) is 0. The van der Waals surface area contributed by atoms with Gasteiger partial charge in [-0.3, -0.25) is 0 Å². The van der Waals surface area contributed by atoms with Crippen LogP contribution in [0.2, 0.25) is 0 Å². The monoisotopic (exact) mass is 111 g/mol. The molecule has 1 nitrogen and oxygen atoms in total. The second-order valence-electron chi connectivity index (χ2n) is 0.0745. The molecule has 0 radical (unpaired) electrons. The first-order valence-electron chi connectivity index (χ1n) is 0.418. The molecule has 0 aromatic rings. The summed E-state index contributed by atoms with van der Waals surface area (Å²) >= 11 is 3.49. The molecule has 0 unspecified atom stereocenters. The van der Waals surface area contributed by atoms with E-state index in [1.165, 1.54) is 0 Å². The van der Waals surface area contributed by atoms with Gasteiger partial charge < -0.3 is 0 Å². The Kier molecular flexibility index (Phi) is 19.9. The van der Waals surface area contributed by atoms with Crippen LogP contribution in [0.25, 0.3) is 0 Å². The maximum atomic E-state index is 8.64. The number of carbonyl (C=O) groups is 1. The summed E-state index contributed by atoms with van der Waals surface area (Å²) in [5, 5.41) is 0.375. The molecule has 0 heterocycles. The van der Waals surface area contributed by atoms with Crippen LogP contribution in [-0.4, -0.2) is 34.8 Å². The number of carbonyl (C=O) groups excluding carboxylic acids is 1. The van der Waals surface area contributed by atoms with E-state index in [0.717, 1.165) is 0 Å². The van der Waals surface area contributed by atoms with Crippen LogP contribution in [0.15, 0.2) is 0 Å². The van der Waals surface area contributed by atoms with Crippen LogP contribution in [0.1, 0.15) is 0 Å². The maximum absolute atomic E-state index is 8.64. The van der Waals surface area contributed by atoms with Crippen molar-refractivity contribution in [1.82, 2.24) is 0 Å². The molecule has 0 aliphatic carbocycles. The van der Waals surface area contributed by atoms with E-state index in [0.29, 0.717) is 5.26 Å². The minimum atomic E-state index is 0. The summed E-state index contributed by atoms with van der Waals surface area (Å²) in [4.78, 5) is 8.64. The van der Waals surface area contributed by atoms with E-state index in [1.807, 2.05) is 0 Å². The Morgan fingerprint density at radius 3 is 1.75 bits per heavy atom. The van der Waals surface area contributed by atoms with Gasteiger partial charge in [0.2, 0.25) is 0 Å². The molecule has 23 valence electrons. The standard InChI is InChI=1S/CHO.Na.Ni.H/c1-2;;;/h1H;;;. The molecule has 0 aromatic carbocycles. The fraction of sp³-hybridized carbons (Fsp3) is 0. The molecule has 0 aliphatic rings. The van der Waals surface area contributed by atoms with Crippen molar-refractivity contribution >= 4 is 34.8 Å². The topological polar surface area (TPSA) is 17.1 Å². The second-order valence-corrected chi connectivity index (χ2v) is 0.307. The van der Waals surface area contributed by atoms with Crippen LogP contribution in [-0.2, 0) is 20.3 Å². The molecule has 0 N–H and O–H groups in total. The van der Waals surface area contributed by atoms with E-state index in [2.05, 4.69) is 15.5 Å². The zero-order valence-electron chi connectivity index (χ0n) is 1.30. The van der Waals surface area contributed by atoms with Gasteiger partial charge in [-0.25, -0.2) is 0 Å². The van der Waals surface area contributed by atoms with Gasteiger partial charge in [0.1, 0.15) is 0 Å². The average molecular weight is 112 g/mol. The molecule has 0 saturated carbocycles. The van der Waals surface area contributed by atoms with Crippen molar-refractivity contribution < 1.29 is 20.3 Å². The van der Waals surface area contributed by atoms with Gasteiger partial charge in [0.05, 0.1) is 0 Å².